The van der Waals surface area contributed by atoms with Crippen molar-refractivity contribution in [3.63, 3.8) is 0 Å². The molecule has 260 valence electrons. The van der Waals surface area contributed by atoms with Crippen molar-refractivity contribution in [3.05, 3.63) is 71.5 Å². The van der Waals surface area contributed by atoms with Crippen molar-refractivity contribution in [2.24, 2.45) is 0 Å². The zero-order valence-corrected chi connectivity index (χ0v) is 27.7. The van der Waals surface area contributed by atoms with Crippen molar-refractivity contribution >= 4 is 73.7 Å². The normalized spacial score (nSPS) is 12.4. The number of nitrogens with one attached hydrogen (secondary N) is 1. The zero-order valence-electron chi connectivity index (χ0n) is 26.1. The first-order valence-corrected chi connectivity index (χ1v) is 17.3. The van der Waals surface area contributed by atoms with Gasteiger partial charge >= 0.3 is 46.9 Å². The monoisotopic (exact) mass is 734 g/mol. The van der Waals surface area contributed by atoms with Crippen LogP contribution in [0.15, 0.2) is 64.8 Å². The molecular weight excluding hydrogens is 700 g/mol. The molecule has 1 amide bonds. The summed E-state index contributed by atoms with van der Waals surface area (Å²) < 4.78 is 92.2. The van der Waals surface area contributed by atoms with E-state index >= 15 is 0 Å². The van der Waals surface area contributed by atoms with Crippen LogP contribution in [0.2, 0.25) is 0 Å². The third-order valence-electron chi connectivity index (χ3n) is 6.99. The number of carbonyl (C=O) groups is 2. The standard InChI is InChI=1S/C31H33F3N4O8S2.Na.H/c1-19(2)22-15-21(45-16-28(39)36-13-6-9-29(40)41)10-11-27(22)48(43,44)38-25-8-5-4-7-23(25)37-30(38)47(42)17-24-20(3)26(12-14-35-24)46-18-31(32,33)34;;/h4-5,7-8,10-12,14-15,19H,6,9,13,16-18H2,1-3H3,(H,36,39)(H,40,41);;. The van der Waals surface area contributed by atoms with Crippen LogP contribution in [0.5, 0.6) is 11.5 Å². The number of fused-ring (bicyclic) bond motifs is 1. The van der Waals surface area contributed by atoms with E-state index in [0.717, 1.165) is 3.97 Å². The quantitative estimate of drug-likeness (QED) is 0.103. The van der Waals surface area contributed by atoms with Gasteiger partial charge in [-0.15, -0.1) is 0 Å². The number of aromatic nitrogens is 3. The Hall–Kier alpha value is -3.35. The van der Waals surface area contributed by atoms with Crippen LogP contribution in [0.3, 0.4) is 0 Å². The van der Waals surface area contributed by atoms with Gasteiger partial charge in [0, 0.05) is 35.9 Å². The molecule has 0 radical (unpaired) electrons. The summed E-state index contributed by atoms with van der Waals surface area (Å²) in [6, 6.07) is 11.8. The summed E-state index contributed by atoms with van der Waals surface area (Å²) in [5, 5.41) is 11.0. The Bertz CT molecular complexity index is 1910. The third-order valence-corrected chi connectivity index (χ3v) is 10.1. The average molecular weight is 735 g/mol. The first kappa shape index (κ1) is 40.1. The van der Waals surface area contributed by atoms with Crippen molar-refractivity contribution < 1.29 is 50.3 Å². The van der Waals surface area contributed by atoms with Crippen LogP contribution in [-0.4, -0.2) is 99.4 Å². The number of para-hydroxylation sites is 2. The van der Waals surface area contributed by atoms with Crippen LogP contribution in [0.4, 0.5) is 13.2 Å². The van der Waals surface area contributed by atoms with E-state index in [1.165, 1.54) is 43.5 Å². The number of ether oxygens (including phenoxy) is 2. The molecule has 4 rings (SSSR count). The maximum atomic E-state index is 14.4. The van der Waals surface area contributed by atoms with Crippen molar-refractivity contribution in [3.8, 4) is 11.5 Å². The molecule has 1 unspecified atom stereocenters. The van der Waals surface area contributed by atoms with Crippen molar-refractivity contribution in [2.75, 3.05) is 19.8 Å². The Morgan fingerprint density at radius 1 is 1.12 bits per heavy atom. The molecule has 0 aliphatic rings. The second-order valence-electron chi connectivity index (χ2n) is 10.9. The molecule has 2 heterocycles. The molecule has 0 bridgehead atoms. The summed E-state index contributed by atoms with van der Waals surface area (Å²) in [6.07, 6.45) is -3.21. The zero-order chi connectivity index (χ0) is 35.2. The number of rotatable bonds is 15. The van der Waals surface area contributed by atoms with Crippen molar-refractivity contribution in [2.45, 2.75) is 61.5 Å². The molecule has 1 atom stereocenters. The maximum absolute atomic E-state index is 14.4. The SMILES string of the molecule is Cc1c(OCC(F)(F)F)ccnc1C[S+]([O-])c1nc2ccccc2n1S(=O)(=O)c1ccc(OCC(=O)NCCCC(=O)O)cc1C(C)C.[NaH]. The predicted molar refractivity (Wildman–Crippen MR) is 176 cm³/mol. The number of halogens is 3. The molecule has 2 aromatic carbocycles. The number of hydrogen-bond donors (Lipinski definition) is 2. The number of hydrogen-bond acceptors (Lipinski definition) is 9. The van der Waals surface area contributed by atoms with Crippen LogP contribution < -0.4 is 14.8 Å². The molecule has 18 heteroatoms. The molecule has 0 aliphatic carbocycles. The molecule has 2 N–H and O–H groups in total. The summed E-state index contributed by atoms with van der Waals surface area (Å²) in [5.41, 5.74) is 1.10. The number of alkyl halides is 3. The van der Waals surface area contributed by atoms with Gasteiger partial charge in [0.05, 0.1) is 21.6 Å². The number of benzene rings is 2. The van der Waals surface area contributed by atoms with Crippen LogP contribution in [-0.2, 0) is 36.5 Å². The Labute approximate surface area is 305 Å². The van der Waals surface area contributed by atoms with Gasteiger partial charge in [0.25, 0.3) is 15.9 Å². The van der Waals surface area contributed by atoms with Gasteiger partial charge < -0.3 is 24.4 Å². The predicted octanol–water partition coefficient (Wildman–Crippen LogP) is 4.06. The molecule has 0 fully saturated rings. The number of pyridine rings is 1. The van der Waals surface area contributed by atoms with E-state index < -0.39 is 45.9 Å². The fourth-order valence-electron chi connectivity index (χ4n) is 4.63. The number of carbonyl (C=O) groups excluding carboxylic acids is 1. The molecule has 49 heavy (non-hydrogen) atoms. The van der Waals surface area contributed by atoms with Gasteiger partial charge in [0.1, 0.15) is 11.5 Å². The van der Waals surface area contributed by atoms with Gasteiger partial charge in [0.15, 0.2) is 19.0 Å². The van der Waals surface area contributed by atoms with E-state index in [1.807, 2.05) is 0 Å². The van der Waals surface area contributed by atoms with E-state index in [0.29, 0.717) is 5.56 Å². The van der Waals surface area contributed by atoms with Gasteiger partial charge in [-0.2, -0.15) is 22.1 Å². The first-order valence-electron chi connectivity index (χ1n) is 14.6. The van der Waals surface area contributed by atoms with E-state index in [4.69, 9.17) is 14.6 Å². The number of nitrogens with zero attached hydrogens (tertiary/aromatic N) is 3. The summed E-state index contributed by atoms with van der Waals surface area (Å²) in [7, 11) is -4.47. The van der Waals surface area contributed by atoms with Crippen LogP contribution in [0.25, 0.3) is 11.0 Å². The summed E-state index contributed by atoms with van der Waals surface area (Å²) in [4.78, 5) is 31.2. The number of amides is 1. The molecule has 12 nitrogen and oxygen atoms in total. The summed E-state index contributed by atoms with van der Waals surface area (Å²) in [5.74, 6) is -2.06. The van der Waals surface area contributed by atoms with Crippen LogP contribution in [0.1, 0.15) is 49.4 Å². The van der Waals surface area contributed by atoms with Crippen LogP contribution in [0, 0.1) is 6.92 Å². The van der Waals surface area contributed by atoms with E-state index in [-0.39, 0.29) is 111 Å². The van der Waals surface area contributed by atoms with E-state index in [9.17, 15) is 35.7 Å². The number of imidazole rings is 1. The molecule has 0 spiro atoms. The molecule has 0 saturated heterocycles. The minimum atomic E-state index is -4.57. The third kappa shape index (κ3) is 10.3. The molecule has 0 aliphatic heterocycles. The second kappa shape index (κ2) is 17.0. The first-order chi connectivity index (χ1) is 22.6. The number of aliphatic carboxylic acids is 1. The molecule has 2 aromatic heterocycles. The topological polar surface area (TPSA) is 173 Å². The number of carboxylic acid groups (broad SMARTS) is 1. The van der Waals surface area contributed by atoms with Crippen molar-refractivity contribution in [1.82, 2.24) is 19.3 Å². The fraction of sp³-hybridized carbons (Fsp3) is 0.355. The van der Waals surface area contributed by atoms with Gasteiger partial charge in [0.2, 0.25) is 0 Å². The fourth-order valence-corrected chi connectivity index (χ4v) is 8.02. The Morgan fingerprint density at radius 3 is 2.51 bits per heavy atom. The molecule has 0 saturated carbocycles. The minimum absolute atomic E-state index is 0. The van der Waals surface area contributed by atoms with Crippen LogP contribution >= 0.6 is 0 Å². The van der Waals surface area contributed by atoms with Gasteiger partial charge in [-0.1, -0.05) is 26.0 Å². The van der Waals surface area contributed by atoms with E-state index in [1.54, 1.807) is 32.0 Å². The van der Waals surface area contributed by atoms with Gasteiger partial charge in [-0.05, 0) is 61.2 Å². The average Bonchev–Trinajstić information content (AvgIpc) is 3.43. The summed E-state index contributed by atoms with van der Waals surface area (Å²) >= 11 is -2.14. The van der Waals surface area contributed by atoms with Gasteiger partial charge in [-0.25, -0.2) is 8.42 Å². The number of carboxylic acids is 1. The second-order valence-corrected chi connectivity index (χ2v) is 14.0. The Morgan fingerprint density at radius 2 is 1.84 bits per heavy atom. The van der Waals surface area contributed by atoms with Crippen molar-refractivity contribution in [1.29, 1.82) is 0 Å². The molecular formula is C31H34F3N4NaO8S2. The Kier molecular flexibility index (Phi) is 13.9. The van der Waals surface area contributed by atoms with Gasteiger partial charge in [-0.3, -0.25) is 14.6 Å². The summed E-state index contributed by atoms with van der Waals surface area (Å²) in [6.45, 7) is 3.23. The molecule has 4 aromatic rings. The van der Waals surface area contributed by atoms with E-state index in [2.05, 4.69) is 15.3 Å². The Balaban J connectivity index is 0.00000650.